The Morgan fingerprint density at radius 1 is 0.545 bits per heavy atom. The van der Waals surface area contributed by atoms with Crippen molar-refractivity contribution < 1.29 is 13.0 Å². The third kappa shape index (κ3) is 7.01. The standard InChI is InChI=1S/C15H39BO3Si3/c1-10-21(11-2,12-3)18-16(17-20(7,8)9)19-22(13-4,14-5)15-6/h10-15H2,1-9H3. The molecule has 3 nitrogen and oxygen atoms in total. The number of hydrogen-bond donors (Lipinski definition) is 0. The van der Waals surface area contributed by atoms with Gasteiger partial charge in [-0.25, -0.2) is 0 Å². The van der Waals surface area contributed by atoms with Crippen LogP contribution in [0.5, 0.6) is 0 Å². The van der Waals surface area contributed by atoms with Crippen LogP contribution in [0.3, 0.4) is 0 Å². The van der Waals surface area contributed by atoms with Gasteiger partial charge in [-0.05, 0) is 55.9 Å². The van der Waals surface area contributed by atoms with Gasteiger partial charge in [-0.2, -0.15) is 0 Å². The third-order valence-corrected chi connectivity index (χ3v) is 15.0. The van der Waals surface area contributed by atoms with E-state index in [1.807, 2.05) is 0 Å². The summed E-state index contributed by atoms with van der Waals surface area (Å²) in [5.41, 5.74) is 0. The molecule has 0 N–H and O–H groups in total. The highest BCUT2D eigenvalue weighted by molar-refractivity contribution is 6.85. The Hall–Kier alpha value is 0.596. The molecular weight excluding hydrogens is 323 g/mol. The number of hydrogen-bond acceptors (Lipinski definition) is 3. The van der Waals surface area contributed by atoms with E-state index in [9.17, 15) is 0 Å². The topological polar surface area (TPSA) is 27.7 Å². The third-order valence-electron chi connectivity index (χ3n) is 5.01. The highest BCUT2D eigenvalue weighted by Crippen LogP contribution is 2.28. The van der Waals surface area contributed by atoms with E-state index >= 15 is 0 Å². The SMILES string of the molecule is CC[Si](CC)(CC)OB(O[Si](C)(C)C)O[Si](CC)(CC)CC. The van der Waals surface area contributed by atoms with Crippen molar-refractivity contribution >= 4 is 32.3 Å². The van der Waals surface area contributed by atoms with E-state index < -0.39 is 32.3 Å². The molecule has 0 unspecified atom stereocenters. The van der Waals surface area contributed by atoms with Crippen LogP contribution in [0.15, 0.2) is 0 Å². The van der Waals surface area contributed by atoms with Crippen LogP contribution in [0.1, 0.15) is 41.5 Å². The molecule has 0 atom stereocenters. The van der Waals surface area contributed by atoms with Crippen molar-refractivity contribution in [3.05, 3.63) is 0 Å². The fourth-order valence-electron chi connectivity index (χ4n) is 2.77. The highest BCUT2D eigenvalue weighted by atomic mass is 28.4. The smallest absolute Gasteiger partial charge is 0.430 e. The summed E-state index contributed by atoms with van der Waals surface area (Å²) in [5, 5.41) is 0. The molecular formula is C15H39BO3Si3. The van der Waals surface area contributed by atoms with Gasteiger partial charge < -0.3 is 13.0 Å². The maximum atomic E-state index is 6.59. The molecule has 0 rings (SSSR count). The van der Waals surface area contributed by atoms with Crippen LogP contribution >= 0.6 is 0 Å². The zero-order valence-corrected chi connectivity index (χ0v) is 19.5. The van der Waals surface area contributed by atoms with Crippen LogP contribution in [0, 0.1) is 0 Å². The normalized spacial score (nSPS) is 13.5. The van der Waals surface area contributed by atoms with Gasteiger partial charge in [-0.3, -0.25) is 0 Å². The minimum atomic E-state index is -1.72. The highest BCUT2D eigenvalue weighted by Gasteiger charge is 2.43. The lowest BCUT2D eigenvalue weighted by Gasteiger charge is -2.38. The summed E-state index contributed by atoms with van der Waals surface area (Å²) in [6, 6.07) is 6.80. The van der Waals surface area contributed by atoms with Crippen LogP contribution in [-0.2, 0) is 13.0 Å². The molecule has 0 radical (unpaired) electrons. The second-order valence-electron chi connectivity index (χ2n) is 7.24. The average molecular weight is 363 g/mol. The Morgan fingerprint density at radius 3 is 1.00 bits per heavy atom. The summed E-state index contributed by atoms with van der Waals surface area (Å²) in [5.74, 6) is 0. The zero-order valence-electron chi connectivity index (χ0n) is 16.5. The van der Waals surface area contributed by atoms with Crippen LogP contribution in [0.4, 0.5) is 0 Å². The molecule has 132 valence electrons. The molecule has 0 saturated carbocycles. The molecule has 22 heavy (non-hydrogen) atoms. The van der Waals surface area contributed by atoms with Crippen LogP contribution in [0.2, 0.25) is 55.9 Å². The van der Waals surface area contributed by atoms with Crippen molar-refractivity contribution in [3.8, 4) is 0 Å². The van der Waals surface area contributed by atoms with Crippen molar-refractivity contribution in [2.24, 2.45) is 0 Å². The summed E-state index contributed by atoms with van der Waals surface area (Å²) < 4.78 is 19.5. The van der Waals surface area contributed by atoms with E-state index in [1.54, 1.807) is 0 Å². The lowest BCUT2D eigenvalue weighted by molar-refractivity contribution is 0.290. The predicted molar refractivity (Wildman–Crippen MR) is 107 cm³/mol. The van der Waals surface area contributed by atoms with Crippen LogP contribution < -0.4 is 0 Å². The summed E-state index contributed by atoms with van der Waals surface area (Å²) in [7, 11) is -5.58. The van der Waals surface area contributed by atoms with Crippen LogP contribution in [-0.4, -0.2) is 32.3 Å². The predicted octanol–water partition coefficient (Wildman–Crippen LogP) is 5.87. The average Bonchev–Trinajstić information content (AvgIpc) is 2.49. The molecule has 7 heteroatoms. The van der Waals surface area contributed by atoms with Gasteiger partial charge in [-0.1, -0.05) is 41.5 Å². The van der Waals surface area contributed by atoms with Gasteiger partial charge in [0.05, 0.1) is 0 Å². The monoisotopic (exact) mass is 362 g/mol. The maximum absolute atomic E-state index is 6.59. The Balaban J connectivity index is 5.28. The van der Waals surface area contributed by atoms with E-state index in [-0.39, 0.29) is 0 Å². The Morgan fingerprint density at radius 2 is 0.818 bits per heavy atom. The molecule has 0 saturated heterocycles. The maximum Gasteiger partial charge on any atom is 0.606 e. The first kappa shape index (κ1) is 22.6. The molecule has 0 aliphatic rings. The molecule has 0 aromatic rings. The lowest BCUT2D eigenvalue weighted by Crippen LogP contribution is -2.53. The van der Waals surface area contributed by atoms with Gasteiger partial charge in [0.2, 0.25) is 0 Å². The van der Waals surface area contributed by atoms with E-state index in [0.717, 1.165) is 36.3 Å². The second-order valence-corrected chi connectivity index (χ2v) is 21.1. The van der Waals surface area contributed by atoms with E-state index in [2.05, 4.69) is 61.2 Å². The van der Waals surface area contributed by atoms with Crippen molar-refractivity contribution in [1.29, 1.82) is 0 Å². The minimum absolute atomic E-state index is 0.426. The molecule has 0 heterocycles. The molecule has 0 spiro atoms. The van der Waals surface area contributed by atoms with E-state index in [1.165, 1.54) is 0 Å². The molecule has 0 bridgehead atoms. The molecule has 0 amide bonds. The van der Waals surface area contributed by atoms with E-state index in [0.29, 0.717) is 0 Å². The van der Waals surface area contributed by atoms with Gasteiger partial charge in [-0.15, -0.1) is 0 Å². The van der Waals surface area contributed by atoms with Gasteiger partial charge in [0.1, 0.15) is 0 Å². The lowest BCUT2D eigenvalue weighted by atomic mass is 10.3. The molecule has 0 aromatic carbocycles. The van der Waals surface area contributed by atoms with Crippen LogP contribution in [0.25, 0.3) is 0 Å². The van der Waals surface area contributed by atoms with Gasteiger partial charge in [0, 0.05) is 0 Å². The molecule has 0 fully saturated rings. The summed E-state index contributed by atoms with van der Waals surface area (Å²) >= 11 is 0. The first-order valence-corrected chi connectivity index (χ1v) is 17.7. The fraction of sp³-hybridized carbons (Fsp3) is 1.00. The number of rotatable bonds is 12. The largest absolute Gasteiger partial charge is 0.606 e. The van der Waals surface area contributed by atoms with Gasteiger partial charge >= 0.3 is 7.32 Å². The molecule has 0 aliphatic carbocycles. The van der Waals surface area contributed by atoms with Crippen molar-refractivity contribution in [3.63, 3.8) is 0 Å². The minimum Gasteiger partial charge on any atom is -0.430 e. The Bertz CT molecular complexity index is 264. The molecule has 0 aromatic heterocycles. The second kappa shape index (κ2) is 9.79. The van der Waals surface area contributed by atoms with Gasteiger partial charge in [0.25, 0.3) is 0 Å². The quantitative estimate of drug-likeness (QED) is 0.407. The molecule has 0 aliphatic heterocycles. The van der Waals surface area contributed by atoms with Gasteiger partial charge in [0.15, 0.2) is 25.0 Å². The first-order valence-electron chi connectivity index (χ1n) is 9.18. The summed E-state index contributed by atoms with van der Waals surface area (Å²) in [4.78, 5) is 0. The van der Waals surface area contributed by atoms with Crippen molar-refractivity contribution in [2.75, 3.05) is 0 Å². The fourth-order valence-corrected chi connectivity index (χ4v) is 8.74. The van der Waals surface area contributed by atoms with Crippen molar-refractivity contribution in [1.82, 2.24) is 0 Å². The Labute approximate surface area is 143 Å². The summed E-state index contributed by atoms with van der Waals surface area (Å²) in [6.45, 7) is 20.2. The van der Waals surface area contributed by atoms with Crippen molar-refractivity contribution in [2.45, 2.75) is 97.4 Å². The first-order chi connectivity index (χ1) is 10.1. The van der Waals surface area contributed by atoms with E-state index in [4.69, 9.17) is 13.0 Å². The zero-order chi connectivity index (χ0) is 17.4. The summed E-state index contributed by atoms with van der Waals surface area (Å²) in [6.07, 6.45) is 0. The Kier molecular flexibility index (Phi) is 10.1.